The summed E-state index contributed by atoms with van der Waals surface area (Å²) in [6, 6.07) is 4.86. The topological polar surface area (TPSA) is 18.5 Å². The minimum atomic E-state index is -4.33. The molecule has 1 saturated heterocycles. The molecule has 0 N–H and O–H groups in total. The predicted octanol–water partition coefficient (Wildman–Crippen LogP) is 3.69. The first-order valence-corrected chi connectivity index (χ1v) is 6.55. The van der Waals surface area contributed by atoms with Gasteiger partial charge in [0, 0.05) is 5.56 Å². The van der Waals surface area contributed by atoms with Crippen molar-refractivity contribution in [3.8, 4) is 0 Å². The van der Waals surface area contributed by atoms with Crippen molar-refractivity contribution in [3.63, 3.8) is 0 Å². The number of ether oxygens (including phenoxy) is 2. The van der Waals surface area contributed by atoms with E-state index in [0.717, 1.165) is 12.1 Å². The summed E-state index contributed by atoms with van der Waals surface area (Å²) in [7, 11) is 0. The molecule has 1 aliphatic heterocycles. The van der Waals surface area contributed by atoms with Gasteiger partial charge in [-0.2, -0.15) is 13.2 Å². The number of halogens is 4. The quantitative estimate of drug-likeness (QED) is 0.772. The maximum Gasteiger partial charge on any atom is 0.416 e. The second-order valence-electron chi connectivity index (χ2n) is 4.20. The fraction of sp³-hybridized carbons (Fsp3) is 0.500. The largest absolute Gasteiger partial charge is 0.416 e. The van der Waals surface area contributed by atoms with Crippen molar-refractivity contribution in [1.29, 1.82) is 0 Å². The van der Waals surface area contributed by atoms with E-state index >= 15 is 0 Å². The van der Waals surface area contributed by atoms with Gasteiger partial charge in [-0.1, -0.05) is 28.1 Å². The molecule has 100 valence electrons. The molecular weight excluding hydrogens is 313 g/mol. The van der Waals surface area contributed by atoms with Gasteiger partial charge in [-0.05, 0) is 19.1 Å². The molecule has 0 aliphatic carbocycles. The lowest BCUT2D eigenvalue weighted by atomic mass is 10.1. The van der Waals surface area contributed by atoms with Crippen molar-refractivity contribution in [2.24, 2.45) is 0 Å². The number of hydrogen-bond acceptors (Lipinski definition) is 2. The Bertz CT molecular complexity index is 418. The van der Waals surface area contributed by atoms with Crippen LogP contribution in [0.4, 0.5) is 13.2 Å². The third-order valence-corrected chi connectivity index (χ3v) is 3.51. The van der Waals surface area contributed by atoms with Crippen LogP contribution in [0.3, 0.4) is 0 Å². The van der Waals surface area contributed by atoms with Gasteiger partial charge in [0.2, 0.25) is 5.79 Å². The van der Waals surface area contributed by atoms with Crippen LogP contribution in [-0.4, -0.2) is 18.0 Å². The number of rotatable bonds is 2. The maximum absolute atomic E-state index is 12.5. The number of alkyl halides is 4. The van der Waals surface area contributed by atoms with Crippen LogP contribution in [0.2, 0.25) is 0 Å². The van der Waals surface area contributed by atoms with Crippen LogP contribution < -0.4 is 0 Å². The second-order valence-corrected chi connectivity index (χ2v) is 4.76. The summed E-state index contributed by atoms with van der Waals surface area (Å²) in [5.74, 6) is -0.983. The average Bonchev–Trinajstić information content (AvgIpc) is 2.71. The van der Waals surface area contributed by atoms with E-state index in [9.17, 15) is 13.2 Å². The van der Waals surface area contributed by atoms with Crippen molar-refractivity contribution in [3.05, 3.63) is 35.4 Å². The number of hydrogen-bond donors (Lipinski definition) is 0. The zero-order valence-electron chi connectivity index (χ0n) is 9.63. The number of benzene rings is 1. The lowest BCUT2D eigenvalue weighted by Crippen LogP contribution is -2.29. The van der Waals surface area contributed by atoms with E-state index in [1.165, 1.54) is 12.1 Å². The van der Waals surface area contributed by atoms with Gasteiger partial charge in [-0.3, -0.25) is 0 Å². The van der Waals surface area contributed by atoms with Crippen LogP contribution in [0.5, 0.6) is 0 Å². The van der Waals surface area contributed by atoms with Crippen molar-refractivity contribution in [2.75, 3.05) is 11.9 Å². The highest BCUT2D eigenvalue weighted by molar-refractivity contribution is 9.09. The van der Waals surface area contributed by atoms with E-state index in [1.54, 1.807) is 0 Å². The monoisotopic (exact) mass is 324 g/mol. The van der Waals surface area contributed by atoms with Gasteiger partial charge in [0.1, 0.15) is 0 Å². The van der Waals surface area contributed by atoms with Gasteiger partial charge in [0.15, 0.2) is 0 Å². The molecule has 1 heterocycles. The van der Waals surface area contributed by atoms with Crippen molar-refractivity contribution in [2.45, 2.75) is 25.0 Å². The molecule has 1 fully saturated rings. The molecule has 0 aromatic heterocycles. The summed E-state index contributed by atoms with van der Waals surface area (Å²) < 4.78 is 48.6. The standard InChI is InChI=1S/C12H12BrF3O2/c1-8-6-17-11(7-13,18-8)9-2-4-10(5-3-9)12(14,15)16/h2-5,8H,6-7H2,1H3/t8-,11?/m0/s1. The maximum atomic E-state index is 12.5. The Kier molecular flexibility index (Phi) is 3.71. The van der Waals surface area contributed by atoms with E-state index in [4.69, 9.17) is 9.47 Å². The zero-order chi connectivity index (χ0) is 13.4. The molecule has 1 aromatic carbocycles. The highest BCUT2D eigenvalue weighted by atomic mass is 79.9. The summed E-state index contributed by atoms with van der Waals surface area (Å²) in [5, 5.41) is 0.371. The second kappa shape index (κ2) is 4.83. The molecular formula is C12H12BrF3O2. The predicted molar refractivity (Wildman–Crippen MR) is 63.4 cm³/mol. The third kappa shape index (κ3) is 2.55. The fourth-order valence-electron chi connectivity index (χ4n) is 1.86. The summed E-state index contributed by atoms with van der Waals surface area (Å²) >= 11 is 3.28. The van der Waals surface area contributed by atoms with E-state index in [1.807, 2.05) is 6.92 Å². The molecule has 1 unspecified atom stereocenters. The van der Waals surface area contributed by atoms with E-state index in [2.05, 4.69) is 15.9 Å². The van der Waals surface area contributed by atoms with Gasteiger partial charge >= 0.3 is 6.18 Å². The van der Waals surface area contributed by atoms with Crippen LogP contribution in [0, 0.1) is 0 Å². The normalized spacial score (nSPS) is 28.6. The minimum Gasteiger partial charge on any atom is -0.342 e. The van der Waals surface area contributed by atoms with Gasteiger partial charge in [-0.25, -0.2) is 0 Å². The molecule has 18 heavy (non-hydrogen) atoms. The Labute approximate surface area is 111 Å². The third-order valence-electron chi connectivity index (χ3n) is 2.77. The van der Waals surface area contributed by atoms with Crippen LogP contribution >= 0.6 is 15.9 Å². The van der Waals surface area contributed by atoms with Crippen molar-refractivity contribution >= 4 is 15.9 Å². The molecule has 0 bridgehead atoms. The van der Waals surface area contributed by atoms with Crippen LogP contribution in [0.15, 0.2) is 24.3 Å². The van der Waals surface area contributed by atoms with Gasteiger partial charge in [0.25, 0.3) is 0 Å². The first-order valence-electron chi connectivity index (χ1n) is 5.43. The highest BCUT2D eigenvalue weighted by Gasteiger charge is 2.41. The molecule has 6 heteroatoms. The average molecular weight is 325 g/mol. The highest BCUT2D eigenvalue weighted by Crippen LogP contribution is 2.37. The lowest BCUT2D eigenvalue weighted by Gasteiger charge is -2.26. The molecule has 0 spiro atoms. The SMILES string of the molecule is C[C@H]1COC(CBr)(c2ccc(C(F)(F)F)cc2)O1. The molecule has 2 rings (SSSR count). The van der Waals surface area contributed by atoms with Crippen LogP contribution in [0.1, 0.15) is 18.1 Å². The molecule has 0 amide bonds. The molecule has 1 aliphatic rings. The van der Waals surface area contributed by atoms with Crippen LogP contribution in [-0.2, 0) is 21.4 Å². The molecule has 2 nitrogen and oxygen atoms in total. The minimum absolute atomic E-state index is 0.0788. The summed E-state index contributed by atoms with van der Waals surface area (Å²) in [6.07, 6.45) is -4.41. The van der Waals surface area contributed by atoms with Crippen molar-refractivity contribution in [1.82, 2.24) is 0 Å². The summed E-state index contributed by atoms with van der Waals surface area (Å²) in [5.41, 5.74) is -0.0984. The molecule has 0 radical (unpaired) electrons. The Morgan fingerprint density at radius 3 is 2.33 bits per heavy atom. The first kappa shape index (κ1) is 13.8. The molecule has 1 aromatic rings. The Hall–Kier alpha value is -0.590. The Balaban J connectivity index is 2.28. The van der Waals surface area contributed by atoms with E-state index < -0.39 is 17.5 Å². The Morgan fingerprint density at radius 1 is 1.33 bits per heavy atom. The zero-order valence-corrected chi connectivity index (χ0v) is 11.2. The van der Waals surface area contributed by atoms with Crippen LogP contribution in [0.25, 0.3) is 0 Å². The molecule has 2 atom stereocenters. The van der Waals surface area contributed by atoms with E-state index in [0.29, 0.717) is 17.5 Å². The van der Waals surface area contributed by atoms with Gasteiger partial charge in [-0.15, -0.1) is 0 Å². The molecule has 0 saturated carbocycles. The Morgan fingerprint density at radius 2 is 1.94 bits per heavy atom. The van der Waals surface area contributed by atoms with Crippen molar-refractivity contribution < 1.29 is 22.6 Å². The van der Waals surface area contributed by atoms with E-state index in [-0.39, 0.29) is 6.10 Å². The summed E-state index contributed by atoms with van der Waals surface area (Å²) in [6.45, 7) is 2.28. The lowest BCUT2D eigenvalue weighted by molar-refractivity contribution is -0.155. The fourth-order valence-corrected chi connectivity index (χ4v) is 2.47. The smallest absolute Gasteiger partial charge is 0.342 e. The van der Waals surface area contributed by atoms with Gasteiger partial charge in [0.05, 0.1) is 23.6 Å². The van der Waals surface area contributed by atoms with Gasteiger partial charge < -0.3 is 9.47 Å². The first-order chi connectivity index (χ1) is 8.37. The summed E-state index contributed by atoms with van der Waals surface area (Å²) in [4.78, 5) is 0.